The van der Waals surface area contributed by atoms with E-state index < -0.39 is 0 Å². The van der Waals surface area contributed by atoms with Gasteiger partial charge in [-0.1, -0.05) is 31.4 Å². The average Bonchev–Trinajstić information content (AvgIpc) is 3.06. The van der Waals surface area contributed by atoms with Gasteiger partial charge in [0, 0.05) is 12.0 Å². The van der Waals surface area contributed by atoms with E-state index in [1.165, 1.54) is 44.9 Å². The fourth-order valence-corrected chi connectivity index (χ4v) is 4.69. The van der Waals surface area contributed by atoms with Gasteiger partial charge in [-0.15, -0.1) is 0 Å². The van der Waals surface area contributed by atoms with Crippen molar-refractivity contribution >= 4 is 0 Å². The maximum Gasteiger partial charge on any atom is 0.0847 e. The van der Waals surface area contributed by atoms with Gasteiger partial charge in [-0.2, -0.15) is 0 Å². The molecule has 2 heteroatoms. The molecule has 4 rings (SSSR count). The minimum Gasteiger partial charge on any atom is -0.377 e. The zero-order valence-corrected chi connectivity index (χ0v) is 10.4. The fourth-order valence-electron chi connectivity index (χ4n) is 4.69. The quantitative estimate of drug-likeness (QED) is 0.649. The highest BCUT2D eigenvalue weighted by molar-refractivity contribution is 5.20. The Labute approximate surface area is 103 Å². The van der Waals surface area contributed by atoms with E-state index in [1.807, 2.05) is 0 Å². The van der Waals surface area contributed by atoms with E-state index in [-0.39, 0.29) is 0 Å². The van der Waals surface area contributed by atoms with E-state index in [9.17, 15) is 0 Å². The van der Waals surface area contributed by atoms with Crippen molar-refractivity contribution in [1.29, 1.82) is 0 Å². The molecule has 0 aromatic rings. The molecule has 4 atom stereocenters. The van der Waals surface area contributed by atoms with Crippen LogP contribution in [-0.2, 0) is 9.47 Å². The van der Waals surface area contributed by atoms with Gasteiger partial charge >= 0.3 is 0 Å². The summed E-state index contributed by atoms with van der Waals surface area (Å²) < 4.78 is 12.2. The lowest BCUT2D eigenvalue weighted by molar-refractivity contribution is -0.0309. The summed E-state index contributed by atoms with van der Waals surface area (Å²) in [6, 6.07) is 0. The molecule has 4 unspecified atom stereocenters. The minimum atomic E-state index is 0.349. The van der Waals surface area contributed by atoms with Crippen LogP contribution in [0.1, 0.15) is 44.9 Å². The van der Waals surface area contributed by atoms with Crippen molar-refractivity contribution in [2.24, 2.45) is 11.3 Å². The Morgan fingerprint density at radius 2 is 1.94 bits per heavy atom. The molecule has 0 aromatic carbocycles. The second kappa shape index (κ2) is 3.83. The largest absolute Gasteiger partial charge is 0.377 e. The predicted octanol–water partition coefficient (Wildman–Crippen LogP) is 3.07. The molecule has 4 aliphatic rings. The summed E-state index contributed by atoms with van der Waals surface area (Å²) in [5.74, 6) is 0.808. The molecule has 3 fully saturated rings. The Bertz CT molecular complexity index is 332. The number of hydrogen-bond acceptors (Lipinski definition) is 2. The maximum absolute atomic E-state index is 6.17. The first-order chi connectivity index (χ1) is 8.38. The number of hydrogen-bond donors (Lipinski definition) is 0. The summed E-state index contributed by atoms with van der Waals surface area (Å²) in [4.78, 5) is 0. The lowest BCUT2D eigenvalue weighted by atomic mass is 9.66. The highest BCUT2D eigenvalue weighted by atomic mass is 16.5. The molecule has 2 saturated heterocycles. The Kier molecular flexibility index (Phi) is 2.38. The summed E-state index contributed by atoms with van der Waals surface area (Å²) in [6.45, 7) is 0.960. The normalized spacial score (nSPS) is 49.5. The highest BCUT2D eigenvalue weighted by Gasteiger charge is 2.58. The van der Waals surface area contributed by atoms with Crippen molar-refractivity contribution in [2.75, 3.05) is 6.61 Å². The number of fused-ring (bicyclic) bond motifs is 3. The third-order valence-corrected chi connectivity index (χ3v) is 5.48. The molecule has 2 bridgehead atoms. The van der Waals surface area contributed by atoms with E-state index in [0.29, 0.717) is 23.7 Å². The number of rotatable bonds is 1. The first-order valence-corrected chi connectivity index (χ1v) is 7.34. The Balaban J connectivity index is 1.60. The molecule has 17 heavy (non-hydrogen) atoms. The van der Waals surface area contributed by atoms with Crippen LogP contribution in [0.25, 0.3) is 0 Å². The van der Waals surface area contributed by atoms with Crippen molar-refractivity contribution in [1.82, 2.24) is 0 Å². The Morgan fingerprint density at radius 3 is 2.65 bits per heavy atom. The lowest BCUT2D eigenvalue weighted by Crippen LogP contribution is -2.43. The van der Waals surface area contributed by atoms with Gasteiger partial charge < -0.3 is 9.47 Å². The second-order valence-corrected chi connectivity index (χ2v) is 6.36. The summed E-state index contributed by atoms with van der Waals surface area (Å²) in [5, 5.41) is 0. The molecule has 2 nitrogen and oxygen atoms in total. The molecule has 1 aliphatic carbocycles. The van der Waals surface area contributed by atoms with Crippen molar-refractivity contribution < 1.29 is 9.47 Å². The number of ether oxygens (including phenoxy) is 2. The minimum absolute atomic E-state index is 0.349. The van der Waals surface area contributed by atoms with Crippen LogP contribution in [0, 0.1) is 11.3 Å². The van der Waals surface area contributed by atoms with Crippen molar-refractivity contribution in [3.05, 3.63) is 12.2 Å². The van der Waals surface area contributed by atoms with Crippen LogP contribution in [0.2, 0.25) is 0 Å². The van der Waals surface area contributed by atoms with Crippen LogP contribution in [0.15, 0.2) is 12.2 Å². The standard InChI is InChI=1S/C15H22O2/c1-2-4-11(5-3-1)14-15(8-9-16-14)10-12-6-7-13(15)17-12/h6-7,11-14H,1-5,8-10H2. The molecule has 0 amide bonds. The molecular formula is C15H22O2. The first-order valence-electron chi connectivity index (χ1n) is 7.34. The van der Waals surface area contributed by atoms with Crippen molar-refractivity contribution in [3.8, 4) is 0 Å². The molecule has 0 aromatic heterocycles. The van der Waals surface area contributed by atoms with E-state index in [0.717, 1.165) is 12.5 Å². The van der Waals surface area contributed by atoms with Crippen LogP contribution < -0.4 is 0 Å². The molecule has 1 saturated carbocycles. The summed E-state index contributed by atoms with van der Waals surface area (Å²) in [5.41, 5.74) is 0.349. The van der Waals surface area contributed by atoms with Gasteiger partial charge in [-0.3, -0.25) is 0 Å². The SMILES string of the molecule is C1=CC2OC1CC21CCOC1C1CCCCC1. The van der Waals surface area contributed by atoms with Crippen LogP contribution in [0.5, 0.6) is 0 Å². The van der Waals surface area contributed by atoms with E-state index >= 15 is 0 Å². The summed E-state index contributed by atoms with van der Waals surface area (Å²) >= 11 is 0. The van der Waals surface area contributed by atoms with Crippen molar-refractivity contribution in [3.63, 3.8) is 0 Å². The molecule has 3 aliphatic heterocycles. The van der Waals surface area contributed by atoms with Gasteiger partial charge in [-0.05, 0) is 31.6 Å². The molecule has 1 spiro atoms. The van der Waals surface area contributed by atoms with Gasteiger partial charge in [0.2, 0.25) is 0 Å². The van der Waals surface area contributed by atoms with E-state index in [2.05, 4.69) is 12.2 Å². The van der Waals surface area contributed by atoms with Crippen molar-refractivity contribution in [2.45, 2.75) is 63.3 Å². The van der Waals surface area contributed by atoms with Gasteiger partial charge in [-0.25, -0.2) is 0 Å². The highest BCUT2D eigenvalue weighted by Crippen LogP contribution is 2.55. The topological polar surface area (TPSA) is 18.5 Å². The van der Waals surface area contributed by atoms with Crippen LogP contribution in [-0.4, -0.2) is 24.9 Å². The monoisotopic (exact) mass is 234 g/mol. The van der Waals surface area contributed by atoms with Gasteiger partial charge in [0.05, 0.1) is 18.3 Å². The van der Waals surface area contributed by atoms with Gasteiger partial charge in [0.15, 0.2) is 0 Å². The molecule has 3 heterocycles. The van der Waals surface area contributed by atoms with Gasteiger partial charge in [0.25, 0.3) is 0 Å². The predicted molar refractivity (Wildman–Crippen MR) is 65.8 cm³/mol. The second-order valence-electron chi connectivity index (χ2n) is 6.36. The summed E-state index contributed by atoms with van der Waals surface area (Å²) in [7, 11) is 0. The smallest absolute Gasteiger partial charge is 0.0847 e. The molecule has 94 valence electrons. The third-order valence-electron chi connectivity index (χ3n) is 5.48. The maximum atomic E-state index is 6.17. The van der Waals surface area contributed by atoms with Gasteiger partial charge in [0.1, 0.15) is 0 Å². The van der Waals surface area contributed by atoms with Crippen LogP contribution >= 0.6 is 0 Å². The zero-order valence-electron chi connectivity index (χ0n) is 10.4. The Morgan fingerprint density at radius 1 is 1.06 bits per heavy atom. The fraction of sp³-hybridized carbons (Fsp3) is 0.867. The Hall–Kier alpha value is -0.340. The molecule has 0 radical (unpaired) electrons. The third kappa shape index (κ3) is 1.47. The van der Waals surface area contributed by atoms with E-state index in [1.54, 1.807) is 0 Å². The molecule has 0 N–H and O–H groups in total. The molecular weight excluding hydrogens is 212 g/mol. The van der Waals surface area contributed by atoms with Crippen LogP contribution in [0.4, 0.5) is 0 Å². The van der Waals surface area contributed by atoms with E-state index in [4.69, 9.17) is 9.47 Å². The summed E-state index contributed by atoms with van der Waals surface area (Å²) in [6.07, 6.45) is 15.3. The van der Waals surface area contributed by atoms with Crippen LogP contribution in [0.3, 0.4) is 0 Å². The first kappa shape index (κ1) is 10.6. The zero-order chi connectivity index (χ0) is 11.3. The lowest BCUT2D eigenvalue weighted by Gasteiger charge is -2.39. The average molecular weight is 234 g/mol.